The lowest BCUT2D eigenvalue weighted by Crippen LogP contribution is -2.17. The van der Waals surface area contributed by atoms with Gasteiger partial charge in [-0.1, -0.05) is 36.4 Å². The number of para-hydroxylation sites is 1. The fraction of sp³-hybridized carbons (Fsp3) is 0.200. The van der Waals surface area contributed by atoms with E-state index in [1.165, 1.54) is 16.2 Å². The number of nitrogens with one attached hydrogen (secondary N) is 1. The van der Waals surface area contributed by atoms with Gasteiger partial charge in [0.25, 0.3) is 0 Å². The number of halogens is 3. The average molecular weight is 493 g/mol. The molecule has 5 rings (SSSR count). The second kappa shape index (κ2) is 8.67. The molecule has 11 heteroatoms. The number of aromatic amines is 1. The molecule has 0 spiro atoms. The first kappa shape index (κ1) is 23.3. The Hall–Kier alpha value is -4.41. The Labute approximate surface area is 203 Å². The van der Waals surface area contributed by atoms with Crippen molar-refractivity contribution in [1.82, 2.24) is 29.1 Å². The van der Waals surface area contributed by atoms with Crippen molar-refractivity contribution in [3.05, 3.63) is 82.7 Å². The third-order valence-electron chi connectivity index (χ3n) is 5.86. The van der Waals surface area contributed by atoms with E-state index in [4.69, 9.17) is 0 Å². The number of hydrogen-bond acceptors (Lipinski definition) is 5. The van der Waals surface area contributed by atoms with Gasteiger partial charge in [0.2, 0.25) is 0 Å². The van der Waals surface area contributed by atoms with E-state index in [2.05, 4.69) is 19.9 Å². The Kier molecular flexibility index (Phi) is 5.62. The molecule has 0 atom stereocenters. The molecule has 0 radical (unpaired) electrons. The monoisotopic (exact) mass is 493 g/mol. The van der Waals surface area contributed by atoms with E-state index in [9.17, 15) is 18.0 Å². The van der Waals surface area contributed by atoms with Crippen molar-refractivity contribution in [3.63, 3.8) is 0 Å². The van der Waals surface area contributed by atoms with Crippen LogP contribution >= 0.6 is 0 Å². The van der Waals surface area contributed by atoms with Gasteiger partial charge < -0.3 is 14.5 Å². The normalized spacial score (nSPS) is 11.8. The molecule has 5 aromatic rings. The maximum absolute atomic E-state index is 13.0. The van der Waals surface area contributed by atoms with E-state index in [-0.39, 0.29) is 18.1 Å². The lowest BCUT2D eigenvalue weighted by molar-refractivity contribution is -0.140. The van der Waals surface area contributed by atoms with Gasteiger partial charge in [-0.05, 0) is 17.7 Å². The number of aromatic nitrogens is 6. The third-order valence-corrected chi connectivity index (χ3v) is 5.86. The van der Waals surface area contributed by atoms with Crippen LogP contribution in [0.1, 0.15) is 11.3 Å². The standard InChI is InChI=1S/C25H22F3N7O/c1-33(2)19-7-5-4-6-17(19)21-29-12-18-23(32-21)35(24(36)30-18)13-15-8-10-16(11-9-15)22-31-20(14-34(22)3)25(26,27)28/h4-12,14H,13H2,1-3H3,(H,30,36). The molecule has 0 unspecified atom stereocenters. The molecular formula is C25H22F3N7O. The molecule has 1 N–H and O–H groups in total. The molecule has 0 fully saturated rings. The van der Waals surface area contributed by atoms with Crippen molar-refractivity contribution in [3.8, 4) is 22.8 Å². The highest BCUT2D eigenvalue weighted by Gasteiger charge is 2.34. The molecule has 184 valence electrons. The summed E-state index contributed by atoms with van der Waals surface area (Å²) < 4.78 is 41.9. The number of fused-ring (bicyclic) bond motifs is 1. The Morgan fingerprint density at radius 3 is 2.42 bits per heavy atom. The van der Waals surface area contributed by atoms with Crippen molar-refractivity contribution in [2.75, 3.05) is 19.0 Å². The first-order chi connectivity index (χ1) is 17.1. The van der Waals surface area contributed by atoms with Gasteiger partial charge in [-0.2, -0.15) is 13.2 Å². The summed E-state index contributed by atoms with van der Waals surface area (Å²) in [4.78, 5) is 30.3. The molecule has 0 bridgehead atoms. The predicted octanol–water partition coefficient (Wildman–Crippen LogP) is 4.32. The zero-order valence-corrected chi connectivity index (χ0v) is 19.7. The van der Waals surface area contributed by atoms with Crippen LogP contribution in [0.3, 0.4) is 0 Å². The topological polar surface area (TPSA) is 84.6 Å². The fourth-order valence-electron chi connectivity index (χ4n) is 4.09. The summed E-state index contributed by atoms with van der Waals surface area (Å²) in [5, 5.41) is 0. The lowest BCUT2D eigenvalue weighted by atomic mass is 10.1. The maximum atomic E-state index is 13.0. The van der Waals surface area contributed by atoms with Gasteiger partial charge in [-0.3, -0.25) is 4.57 Å². The molecule has 0 aliphatic rings. The minimum atomic E-state index is -4.51. The van der Waals surface area contributed by atoms with Gasteiger partial charge in [-0.25, -0.2) is 19.7 Å². The van der Waals surface area contributed by atoms with Crippen molar-refractivity contribution in [2.24, 2.45) is 7.05 Å². The highest BCUT2D eigenvalue weighted by molar-refractivity contribution is 5.78. The predicted molar refractivity (Wildman–Crippen MR) is 131 cm³/mol. The van der Waals surface area contributed by atoms with Crippen LogP contribution in [0.15, 0.2) is 65.7 Å². The van der Waals surface area contributed by atoms with Gasteiger partial charge >= 0.3 is 11.9 Å². The highest BCUT2D eigenvalue weighted by atomic mass is 19.4. The van der Waals surface area contributed by atoms with Gasteiger partial charge in [0.15, 0.2) is 17.2 Å². The number of hydrogen-bond donors (Lipinski definition) is 1. The summed E-state index contributed by atoms with van der Waals surface area (Å²) in [6.45, 7) is 0.221. The van der Waals surface area contributed by atoms with Gasteiger partial charge in [0.05, 0.1) is 12.7 Å². The number of benzene rings is 2. The van der Waals surface area contributed by atoms with Crippen LogP contribution in [0.2, 0.25) is 0 Å². The molecule has 8 nitrogen and oxygen atoms in total. The van der Waals surface area contributed by atoms with Crippen LogP contribution in [0.5, 0.6) is 0 Å². The van der Waals surface area contributed by atoms with E-state index in [1.54, 1.807) is 30.5 Å². The molecule has 2 aromatic carbocycles. The molecular weight excluding hydrogens is 471 g/mol. The van der Waals surface area contributed by atoms with Gasteiger partial charge in [0, 0.05) is 44.2 Å². The number of aryl methyl sites for hydroxylation is 1. The number of alkyl halides is 3. The van der Waals surface area contributed by atoms with Gasteiger partial charge in [0.1, 0.15) is 11.3 Å². The summed E-state index contributed by atoms with van der Waals surface area (Å²) >= 11 is 0. The molecule has 0 saturated carbocycles. The van der Waals surface area contributed by atoms with Crippen molar-refractivity contribution >= 4 is 16.9 Å². The van der Waals surface area contributed by atoms with Crippen LogP contribution in [-0.4, -0.2) is 43.2 Å². The fourth-order valence-corrected chi connectivity index (χ4v) is 4.09. The van der Waals surface area contributed by atoms with E-state index in [0.29, 0.717) is 22.6 Å². The van der Waals surface area contributed by atoms with E-state index in [1.807, 2.05) is 43.3 Å². The quantitative estimate of drug-likeness (QED) is 0.394. The van der Waals surface area contributed by atoms with Crippen LogP contribution in [0.25, 0.3) is 33.9 Å². The summed E-state index contributed by atoms with van der Waals surface area (Å²) in [6.07, 6.45) is -1.97. The van der Waals surface area contributed by atoms with Gasteiger partial charge in [-0.15, -0.1) is 0 Å². The SMILES string of the molecule is CN(C)c1ccccc1-c1ncc2[nH]c(=O)n(Cc3ccc(-c4nc(C(F)(F)F)cn4C)cc3)c2n1. The summed E-state index contributed by atoms with van der Waals surface area (Å²) in [6, 6.07) is 14.6. The zero-order valence-electron chi connectivity index (χ0n) is 19.7. The zero-order chi connectivity index (χ0) is 25.6. The van der Waals surface area contributed by atoms with Crippen LogP contribution in [0.4, 0.5) is 18.9 Å². The molecule has 0 amide bonds. The van der Waals surface area contributed by atoms with Crippen molar-refractivity contribution in [1.29, 1.82) is 0 Å². The second-order valence-corrected chi connectivity index (χ2v) is 8.61. The van der Waals surface area contributed by atoms with E-state index < -0.39 is 11.9 Å². The second-order valence-electron chi connectivity index (χ2n) is 8.61. The largest absolute Gasteiger partial charge is 0.434 e. The minimum Gasteiger partial charge on any atom is -0.377 e. The Bertz CT molecular complexity index is 1610. The molecule has 3 aromatic heterocycles. The van der Waals surface area contributed by atoms with Crippen LogP contribution in [0, 0.1) is 0 Å². The number of anilines is 1. The van der Waals surface area contributed by atoms with Crippen LogP contribution in [-0.2, 0) is 19.8 Å². The maximum Gasteiger partial charge on any atom is 0.434 e. The molecule has 36 heavy (non-hydrogen) atoms. The minimum absolute atomic E-state index is 0.204. The third kappa shape index (κ3) is 4.23. The summed E-state index contributed by atoms with van der Waals surface area (Å²) in [5.74, 6) is 0.695. The lowest BCUT2D eigenvalue weighted by Gasteiger charge is -2.16. The molecule has 3 heterocycles. The Morgan fingerprint density at radius 2 is 1.75 bits per heavy atom. The summed E-state index contributed by atoms with van der Waals surface area (Å²) in [5.41, 5.74) is 2.79. The number of nitrogens with zero attached hydrogens (tertiary/aromatic N) is 6. The van der Waals surface area contributed by atoms with Crippen molar-refractivity contribution in [2.45, 2.75) is 12.7 Å². The number of H-pyrrole nitrogens is 1. The number of imidazole rings is 2. The van der Waals surface area contributed by atoms with Crippen molar-refractivity contribution < 1.29 is 13.2 Å². The smallest absolute Gasteiger partial charge is 0.377 e. The first-order valence-electron chi connectivity index (χ1n) is 11.0. The molecule has 0 aliphatic heterocycles. The molecule has 0 saturated heterocycles. The average Bonchev–Trinajstić information content (AvgIpc) is 3.39. The summed E-state index contributed by atoms with van der Waals surface area (Å²) in [7, 11) is 5.38. The highest BCUT2D eigenvalue weighted by Crippen LogP contribution is 2.31. The number of rotatable bonds is 5. The van der Waals surface area contributed by atoms with E-state index >= 15 is 0 Å². The Morgan fingerprint density at radius 1 is 1.03 bits per heavy atom. The first-order valence-corrected chi connectivity index (χ1v) is 11.0. The Balaban J connectivity index is 1.48. The molecule has 0 aliphatic carbocycles. The van der Waals surface area contributed by atoms with E-state index in [0.717, 1.165) is 23.0 Å². The van der Waals surface area contributed by atoms with Crippen LogP contribution < -0.4 is 10.6 Å².